The molecular formula is C57H108O8S4. The van der Waals surface area contributed by atoms with Crippen molar-refractivity contribution in [2.75, 3.05) is 70.4 Å². The molecule has 0 bridgehead atoms. The van der Waals surface area contributed by atoms with Gasteiger partial charge in [-0.3, -0.25) is 0 Å². The van der Waals surface area contributed by atoms with Gasteiger partial charge in [-0.2, -0.15) is 35.3 Å². The quantitative estimate of drug-likeness (QED) is 0.125. The minimum absolute atomic E-state index is 0.167. The number of unbranched alkanes of at least 4 members (excludes halogenated alkanes) is 1. The lowest BCUT2D eigenvalue weighted by Crippen LogP contribution is -1.92. The summed E-state index contributed by atoms with van der Waals surface area (Å²) in [5, 5.41) is 29.2. The number of allylic oxidation sites excluding steroid dienone is 2. The number of ketones is 1. The van der Waals surface area contributed by atoms with Gasteiger partial charge in [0.05, 0.1) is 7.11 Å². The van der Waals surface area contributed by atoms with Gasteiger partial charge < -0.3 is 29.6 Å². The number of aromatic hydroxyl groups is 3. The highest BCUT2D eigenvalue weighted by Gasteiger charge is 2.08. The maximum Gasteiger partial charge on any atom is 0.144 e. The zero-order valence-corrected chi connectivity index (χ0v) is 52.2. The maximum atomic E-state index is 9.75. The number of carbonyl (C=O) groups is 1. The van der Waals surface area contributed by atoms with Crippen LogP contribution in [-0.4, -0.2) is 99.9 Å². The summed E-state index contributed by atoms with van der Waals surface area (Å²) in [6.07, 6.45) is 23.8. The average molecular weight is 1050 g/mol. The molecule has 0 aliphatic heterocycles. The Bertz CT molecular complexity index is 1550. The van der Waals surface area contributed by atoms with E-state index >= 15 is 0 Å². The van der Waals surface area contributed by atoms with Gasteiger partial charge in [-0.15, -0.1) is 0 Å². The number of hydrogen-bond acceptors (Lipinski definition) is 11. The maximum absolute atomic E-state index is 9.75. The van der Waals surface area contributed by atoms with Crippen molar-refractivity contribution in [3.05, 3.63) is 93.1 Å². The predicted octanol–water partition coefficient (Wildman–Crippen LogP) is 16.2. The molecule has 0 heterocycles. The number of sulfone groups is 1. The molecule has 0 aromatic heterocycles. The molecule has 0 saturated carbocycles. The Morgan fingerprint density at radius 3 is 0.826 bits per heavy atom. The van der Waals surface area contributed by atoms with Crippen LogP contribution in [0.3, 0.4) is 0 Å². The van der Waals surface area contributed by atoms with Crippen molar-refractivity contribution in [3.63, 3.8) is 0 Å². The van der Waals surface area contributed by atoms with Gasteiger partial charge in [-0.05, 0) is 151 Å². The Kier molecular flexibility index (Phi) is 73.9. The molecule has 3 rings (SSSR count). The lowest BCUT2D eigenvalue weighted by molar-refractivity contribution is -0.115. The number of phenols is 3. The summed E-state index contributed by atoms with van der Waals surface area (Å²) in [7, 11) is 2.23. The van der Waals surface area contributed by atoms with Gasteiger partial charge in [0.25, 0.3) is 0 Å². The predicted molar refractivity (Wildman–Crippen MR) is 320 cm³/mol. The fraction of sp³-hybridized carbons (Fsp3) is 0.632. The lowest BCUT2D eigenvalue weighted by Gasteiger charge is -2.09. The fourth-order valence-corrected chi connectivity index (χ4v) is 5.83. The van der Waals surface area contributed by atoms with E-state index in [2.05, 4.69) is 111 Å². The van der Waals surface area contributed by atoms with Crippen LogP contribution in [0.4, 0.5) is 0 Å². The third kappa shape index (κ3) is 63.2. The summed E-state index contributed by atoms with van der Waals surface area (Å²) < 4.78 is 28.7. The molecule has 3 aromatic carbocycles. The van der Waals surface area contributed by atoms with Crippen molar-refractivity contribution in [1.29, 1.82) is 0 Å². The number of methoxy groups -OCH3 is 2. The number of thioether (sulfide) groups is 3. The van der Waals surface area contributed by atoms with Crippen LogP contribution in [0.25, 0.3) is 0 Å². The Morgan fingerprint density at radius 2 is 0.710 bits per heavy atom. The smallest absolute Gasteiger partial charge is 0.144 e. The summed E-state index contributed by atoms with van der Waals surface area (Å²) in [6, 6.07) is 12.0. The van der Waals surface area contributed by atoms with Crippen molar-refractivity contribution in [2.24, 2.45) is 0 Å². The first kappa shape index (κ1) is 83.1. The molecule has 3 N–H and O–H groups in total. The van der Waals surface area contributed by atoms with Crippen LogP contribution in [0.1, 0.15) is 161 Å². The van der Waals surface area contributed by atoms with E-state index in [1.54, 1.807) is 33.1 Å². The van der Waals surface area contributed by atoms with Gasteiger partial charge >= 0.3 is 0 Å². The Labute approximate surface area is 441 Å². The summed E-state index contributed by atoms with van der Waals surface area (Å²) in [5.41, 5.74) is 8.63. The Balaban J connectivity index is -0.000000104. The number of rotatable bonds is 11. The van der Waals surface area contributed by atoms with Crippen LogP contribution >= 0.6 is 35.3 Å². The highest BCUT2D eigenvalue weighted by atomic mass is 32.2. The second kappa shape index (κ2) is 61.3. The number of phenolic OH excluding ortho intramolecular Hbond substituents is 3. The van der Waals surface area contributed by atoms with Gasteiger partial charge in [-0.25, -0.2) is 8.42 Å². The van der Waals surface area contributed by atoms with Gasteiger partial charge in [0.1, 0.15) is 38.6 Å². The molecule has 0 saturated heterocycles. The summed E-state index contributed by atoms with van der Waals surface area (Å²) in [6.45, 7) is 32.1. The van der Waals surface area contributed by atoms with Crippen molar-refractivity contribution in [1.82, 2.24) is 0 Å². The number of benzene rings is 3. The first-order chi connectivity index (χ1) is 32.3. The first-order valence-corrected chi connectivity index (χ1v) is 31.0. The second-order valence-corrected chi connectivity index (χ2v) is 20.6. The number of carbonyl (C=O) groups excluding carboxylic acids is 1. The standard InChI is InChI=1S/C11H16O2.2C11H16O.C4H10S2.C4H10.C4H8.C3H6O.C3H8.C2H6O2S.C2H6O.C2H6S/c1-4-8-6-10(13-3)7-9(5-2)11(8)12;2*1-4-9-6-8(3)7-10(5-2)11(9)12;1-5-3-4-6-2;2*1-3-4-2;1-3(2)4;1-3-2;1-5(2,3)4;2*1-3-2/h6-7,12H,4-5H2,1-3H3;2*6-7,12H,4-5H2,1-3H3;3-4H2,1-2H3;3-4H2,1-2H3;3-4H,1-2H3;1-2H3;3H2,1-2H3;1-2H3;2*1-2H3. The highest BCUT2D eigenvalue weighted by Crippen LogP contribution is 2.29. The topological polar surface area (TPSA) is 130 Å². The zero-order chi connectivity index (χ0) is 56.0. The molecule has 0 radical (unpaired) electrons. The second-order valence-electron chi connectivity index (χ2n) is 15.5. The molecule has 0 unspecified atom stereocenters. The molecule has 0 aliphatic carbocycles. The van der Waals surface area contributed by atoms with Crippen molar-refractivity contribution in [3.8, 4) is 23.0 Å². The molecule has 8 nitrogen and oxygen atoms in total. The van der Waals surface area contributed by atoms with E-state index in [4.69, 9.17) is 4.74 Å². The number of ether oxygens (including phenoxy) is 2. The normalized spacial score (nSPS) is 9.23. The van der Waals surface area contributed by atoms with Crippen LogP contribution in [-0.2, 0) is 57.9 Å². The summed E-state index contributed by atoms with van der Waals surface area (Å²) in [4.78, 5) is 9.44. The van der Waals surface area contributed by atoms with E-state index in [0.29, 0.717) is 17.2 Å². The molecule has 3 aromatic rings. The molecule has 0 aliphatic rings. The largest absolute Gasteiger partial charge is 0.507 e. The molecular weight excluding hydrogens is 941 g/mol. The van der Waals surface area contributed by atoms with Gasteiger partial charge in [0.15, 0.2) is 0 Å². The minimum Gasteiger partial charge on any atom is -0.507 e. The number of aryl methyl sites for hydroxylation is 8. The minimum atomic E-state index is -2.67. The molecule has 0 spiro atoms. The lowest BCUT2D eigenvalue weighted by atomic mass is 10.0. The molecule has 0 atom stereocenters. The molecule has 69 heavy (non-hydrogen) atoms. The van der Waals surface area contributed by atoms with Crippen LogP contribution in [0.5, 0.6) is 23.0 Å². The van der Waals surface area contributed by atoms with Gasteiger partial charge in [-0.1, -0.05) is 136 Å². The van der Waals surface area contributed by atoms with E-state index in [9.17, 15) is 28.5 Å². The van der Waals surface area contributed by atoms with Crippen molar-refractivity contribution in [2.45, 2.75) is 169 Å². The van der Waals surface area contributed by atoms with Crippen LogP contribution in [0.2, 0.25) is 0 Å². The third-order valence-corrected chi connectivity index (χ3v) is 9.39. The van der Waals surface area contributed by atoms with E-state index in [1.807, 2.05) is 88.0 Å². The molecule has 408 valence electrons. The first-order valence-electron chi connectivity index (χ1n) is 24.3. The van der Waals surface area contributed by atoms with Crippen LogP contribution < -0.4 is 4.74 Å². The molecule has 0 fully saturated rings. The molecule has 12 heteroatoms. The van der Waals surface area contributed by atoms with E-state index < -0.39 is 9.84 Å². The zero-order valence-electron chi connectivity index (χ0n) is 48.9. The monoisotopic (exact) mass is 1050 g/mol. The Morgan fingerprint density at radius 1 is 0.536 bits per heavy atom. The van der Waals surface area contributed by atoms with Crippen molar-refractivity contribution >= 4 is 50.9 Å². The number of hydrogen-bond donors (Lipinski definition) is 3. The van der Waals surface area contributed by atoms with E-state index in [1.165, 1.54) is 55.7 Å². The molecule has 0 amide bonds. The highest BCUT2D eigenvalue weighted by molar-refractivity contribution is 8.02. The van der Waals surface area contributed by atoms with E-state index in [-0.39, 0.29) is 5.78 Å². The third-order valence-electron chi connectivity index (χ3n) is 7.91. The summed E-state index contributed by atoms with van der Waals surface area (Å²) in [5.74, 6) is 4.98. The van der Waals surface area contributed by atoms with Gasteiger partial charge in [0, 0.05) is 38.2 Å². The van der Waals surface area contributed by atoms with Gasteiger partial charge in [0.2, 0.25) is 0 Å². The SMILES string of the molecule is CC(C)=O.CC=CC.CCC.CCCC.CCc1cc(C)cc(CC)c1O.CCc1cc(C)cc(CC)c1O.CCc1cc(OC)cc(CC)c1O.COC.CS(C)(=O)=O.CSC.CSCCSC. The number of Topliss-reactive ketones (excluding diaryl/α,β-unsaturated/α-hetero) is 1. The van der Waals surface area contributed by atoms with Crippen molar-refractivity contribution < 1.29 is 38.0 Å². The average Bonchev–Trinajstić information content (AvgIpc) is 3.30. The van der Waals surface area contributed by atoms with Crippen LogP contribution in [0, 0.1) is 13.8 Å². The van der Waals surface area contributed by atoms with Crippen LogP contribution in [0.15, 0.2) is 48.6 Å². The van der Waals surface area contributed by atoms with E-state index in [0.717, 1.165) is 90.2 Å². The summed E-state index contributed by atoms with van der Waals surface area (Å²) >= 11 is 5.56. The Hall–Kier alpha value is -2.77. The fourth-order valence-electron chi connectivity index (χ4n) is 4.50.